The van der Waals surface area contributed by atoms with Crippen LogP contribution in [0.2, 0.25) is 5.02 Å². The molecule has 39 heavy (non-hydrogen) atoms. The number of H-pyrrole nitrogens is 1. The van der Waals surface area contributed by atoms with Crippen LogP contribution in [0.5, 0.6) is 0 Å². The molecule has 0 unspecified atom stereocenters. The van der Waals surface area contributed by atoms with Crippen molar-refractivity contribution in [2.75, 3.05) is 36.9 Å². The van der Waals surface area contributed by atoms with Crippen molar-refractivity contribution in [1.29, 1.82) is 0 Å². The van der Waals surface area contributed by atoms with Crippen molar-refractivity contribution in [3.05, 3.63) is 63.7 Å². The van der Waals surface area contributed by atoms with Gasteiger partial charge in [0.2, 0.25) is 11.9 Å². The van der Waals surface area contributed by atoms with E-state index >= 15 is 0 Å². The molecular weight excluding hydrogens is 516 g/mol. The zero-order chi connectivity index (χ0) is 27.5. The third-order valence-electron chi connectivity index (χ3n) is 7.06. The molecule has 1 saturated heterocycles. The molecule has 0 spiro atoms. The van der Waals surface area contributed by atoms with E-state index in [-0.39, 0.29) is 11.9 Å². The average Bonchev–Trinajstić information content (AvgIpc) is 3.59. The number of nitrogens with zero attached hydrogens (tertiary/aromatic N) is 6. The fraction of sp³-hybridized carbons (Fsp3) is 0.393. The Kier molecular flexibility index (Phi) is 7.83. The number of halogens is 1. The van der Waals surface area contributed by atoms with E-state index in [0.717, 1.165) is 48.3 Å². The van der Waals surface area contributed by atoms with Crippen LogP contribution >= 0.6 is 11.6 Å². The van der Waals surface area contributed by atoms with Crippen LogP contribution in [0.15, 0.2) is 36.0 Å². The first-order valence-corrected chi connectivity index (χ1v) is 13.6. The van der Waals surface area contributed by atoms with Gasteiger partial charge in [0.15, 0.2) is 5.82 Å². The highest BCUT2D eigenvalue weighted by Crippen LogP contribution is 2.29. The summed E-state index contributed by atoms with van der Waals surface area (Å²) in [4.78, 5) is 47.5. The Hall–Kier alpha value is -3.92. The summed E-state index contributed by atoms with van der Waals surface area (Å²) in [5, 5.41) is 3.87. The number of hydrogen-bond donors (Lipinski definition) is 2. The summed E-state index contributed by atoms with van der Waals surface area (Å²) in [6.07, 6.45) is 6.72. The number of amides is 3. The van der Waals surface area contributed by atoms with Crippen LogP contribution < -0.4 is 10.2 Å². The minimum Gasteiger partial charge on any atom is -0.343 e. The topological polar surface area (TPSA) is 110 Å². The van der Waals surface area contributed by atoms with E-state index in [1.54, 1.807) is 29.1 Å². The third kappa shape index (κ3) is 6.06. The van der Waals surface area contributed by atoms with Gasteiger partial charge in [0.25, 0.3) is 0 Å². The number of aromatic amines is 1. The second-order valence-corrected chi connectivity index (χ2v) is 10.5. The lowest BCUT2D eigenvalue weighted by atomic mass is 10.1. The van der Waals surface area contributed by atoms with Gasteiger partial charge < -0.3 is 20.1 Å². The Morgan fingerprint density at radius 1 is 1.21 bits per heavy atom. The first-order valence-electron chi connectivity index (χ1n) is 13.2. The van der Waals surface area contributed by atoms with Crippen LogP contribution in [0.25, 0.3) is 6.08 Å². The van der Waals surface area contributed by atoms with Gasteiger partial charge in [0, 0.05) is 50.7 Å². The predicted octanol–water partition coefficient (Wildman–Crippen LogP) is 4.94. The van der Waals surface area contributed by atoms with E-state index in [1.165, 1.54) is 0 Å². The molecule has 2 N–H and O–H groups in total. The monoisotopic (exact) mass is 548 g/mol. The molecule has 2 aromatic heterocycles. The maximum absolute atomic E-state index is 13.1. The third-order valence-corrected chi connectivity index (χ3v) is 7.39. The van der Waals surface area contributed by atoms with Gasteiger partial charge in [-0.25, -0.2) is 14.8 Å². The van der Waals surface area contributed by atoms with Crippen LogP contribution in [0.1, 0.15) is 48.8 Å². The van der Waals surface area contributed by atoms with Crippen LogP contribution in [0.3, 0.4) is 0 Å². The molecular formula is C28H33ClN8O2. The standard InChI is InChI=1S/C28H33ClN8O2/c1-18(15-20-19(2)7-6-8-21(20)29)16-37-17-22-26(35(3)28(37)39)34-27(31-22)33-24-11-12-30-23(32-24)9-10-25(38)36-13-4-5-14-36/h6-8,11-12,15H,4-5,9-10,13-14,16-17H2,1-3H3,(H2,30,31,32,33,34)/b18-15+. The Morgan fingerprint density at radius 2 is 2.00 bits per heavy atom. The SMILES string of the molecule is C/C(=C\c1c(C)cccc1Cl)CN1Cc2[nH]c(Nc3ccnc(CCC(=O)N4CCCC4)n3)nc2N(C)C1=O. The van der Waals surface area contributed by atoms with Gasteiger partial charge in [-0.2, -0.15) is 4.98 Å². The van der Waals surface area contributed by atoms with Gasteiger partial charge in [-0.3, -0.25) is 9.69 Å². The Bertz CT molecular complexity index is 1390. The molecule has 2 aliphatic rings. The number of benzene rings is 1. The molecule has 1 aromatic carbocycles. The van der Waals surface area contributed by atoms with Crippen LogP contribution in [0, 0.1) is 6.92 Å². The second kappa shape index (κ2) is 11.4. The lowest BCUT2D eigenvalue weighted by Gasteiger charge is -2.32. The highest BCUT2D eigenvalue weighted by atomic mass is 35.5. The van der Waals surface area contributed by atoms with E-state index in [9.17, 15) is 9.59 Å². The van der Waals surface area contributed by atoms with Gasteiger partial charge in [-0.15, -0.1) is 0 Å². The Morgan fingerprint density at radius 3 is 2.77 bits per heavy atom. The molecule has 11 heteroatoms. The molecule has 10 nitrogen and oxygen atoms in total. The number of anilines is 3. The molecule has 0 bridgehead atoms. The molecule has 0 radical (unpaired) electrons. The van der Waals surface area contributed by atoms with Gasteiger partial charge in [0.05, 0.1) is 12.2 Å². The summed E-state index contributed by atoms with van der Waals surface area (Å²) in [6.45, 7) is 6.56. The normalized spacial score (nSPS) is 15.6. The fourth-order valence-electron chi connectivity index (χ4n) is 5.01. The van der Waals surface area contributed by atoms with Crippen molar-refractivity contribution in [2.45, 2.75) is 46.1 Å². The first kappa shape index (κ1) is 26.7. The molecule has 1 fully saturated rings. The van der Waals surface area contributed by atoms with Gasteiger partial charge >= 0.3 is 6.03 Å². The van der Waals surface area contributed by atoms with Crippen LogP contribution in [-0.2, 0) is 17.8 Å². The second-order valence-electron chi connectivity index (χ2n) is 10.1. The minimum absolute atomic E-state index is 0.129. The molecule has 0 aliphatic carbocycles. The number of aromatic nitrogens is 4. The van der Waals surface area contributed by atoms with Crippen LogP contribution in [-0.4, -0.2) is 68.4 Å². The smallest absolute Gasteiger partial charge is 0.326 e. The van der Waals surface area contributed by atoms with E-state index in [1.807, 2.05) is 43.0 Å². The summed E-state index contributed by atoms with van der Waals surface area (Å²) >= 11 is 6.39. The van der Waals surface area contributed by atoms with Crippen LogP contribution in [0.4, 0.5) is 22.4 Å². The van der Waals surface area contributed by atoms with Crippen molar-refractivity contribution in [1.82, 2.24) is 29.7 Å². The molecule has 3 amide bonds. The summed E-state index contributed by atoms with van der Waals surface area (Å²) < 4.78 is 0. The molecule has 3 aromatic rings. The summed E-state index contributed by atoms with van der Waals surface area (Å²) in [5.41, 5.74) is 3.90. The van der Waals surface area contributed by atoms with E-state index < -0.39 is 0 Å². The van der Waals surface area contributed by atoms with E-state index in [0.29, 0.717) is 54.4 Å². The number of aryl methyl sites for hydroxylation is 2. The molecule has 2 aliphatic heterocycles. The number of carbonyl (C=O) groups excluding carboxylic acids is 2. The van der Waals surface area contributed by atoms with E-state index in [2.05, 4.69) is 25.3 Å². The lowest BCUT2D eigenvalue weighted by molar-refractivity contribution is -0.130. The largest absolute Gasteiger partial charge is 0.343 e. The van der Waals surface area contributed by atoms with Gasteiger partial charge in [-0.05, 0) is 49.9 Å². The Balaban J connectivity index is 1.25. The van der Waals surface area contributed by atoms with Crippen molar-refractivity contribution in [3.63, 3.8) is 0 Å². The number of hydrogen-bond acceptors (Lipinski definition) is 6. The van der Waals surface area contributed by atoms with Crippen molar-refractivity contribution < 1.29 is 9.59 Å². The summed E-state index contributed by atoms with van der Waals surface area (Å²) in [6, 6.07) is 7.44. The average molecular weight is 549 g/mol. The minimum atomic E-state index is -0.129. The highest BCUT2D eigenvalue weighted by molar-refractivity contribution is 6.32. The zero-order valence-corrected chi connectivity index (χ0v) is 23.3. The fourth-order valence-corrected chi connectivity index (χ4v) is 5.28. The molecule has 0 atom stereocenters. The number of rotatable bonds is 8. The number of urea groups is 1. The quantitative estimate of drug-likeness (QED) is 0.413. The van der Waals surface area contributed by atoms with E-state index in [4.69, 9.17) is 11.6 Å². The lowest BCUT2D eigenvalue weighted by Crippen LogP contribution is -2.45. The van der Waals surface area contributed by atoms with Crippen molar-refractivity contribution in [3.8, 4) is 0 Å². The molecule has 5 rings (SSSR count). The van der Waals surface area contributed by atoms with Gasteiger partial charge in [-0.1, -0.05) is 35.4 Å². The van der Waals surface area contributed by atoms with Crippen molar-refractivity contribution in [2.24, 2.45) is 0 Å². The number of carbonyl (C=O) groups is 2. The Labute approximate surface area is 233 Å². The number of likely N-dealkylation sites (tertiary alicyclic amines) is 1. The maximum atomic E-state index is 13.1. The maximum Gasteiger partial charge on any atom is 0.326 e. The summed E-state index contributed by atoms with van der Waals surface area (Å²) in [7, 11) is 1.72. The van der Waals surface area contributed by atoms with Crippen molar-refractivity contribution >= 4 is 47.2 Å². The molecule has 0 saturated carbocycles. The molecule has 204 valence electrons. The first-order chi connectivity index (χ1) is 18.8. The number of imidazole rings is 1. The predicted molar refractivity (Wildman–Crippen MR) is 152 cm³/mol. The summed E-state index contributed by atoms with van der Waals surface area (Å²) in [5.74, 6) is 2.38. The highest BCUT2D eigenvalue weighted by Gasteiger charge is 2.31. The number of fused-ring (bicyclic) bond motifs is 1. The zero-order valence-electron chi connectivity index (χ0n) is 22.5. The number of nitrogens with one attached hydrogen (secondary N) is 2. The van der Waals surface area contributed by atoms with Gasteiger partial charge in [0.1, 0.15) is 11.6 Å². The molecule has 4 heterocycles.